The van der Waals surface area contributed by atoms with Crippen molar-refractivity contribution in [2.75, 3.05) is 31.1 Å². The highest BCUT2D eigenvalue weighted by molar-refractivity contribution is 6.35. The minimum Gasteiger partial charge on any atom is -0.395 e. The lowest BCUT2D eigenvalue weighted by Gasteiger charge is -2.43. The maximum atomic E-state index is 9.77. The molecule has 1 aromatic carbocycles. The highest BCUT2D eigenvalue weighted by Gasteiger charge is 2.36. The summed E-state index contributed by atoms with van der Waals surface area (Å²) in [6.07, 6.45) is 4.99. The summed E-state index contributed by atoms with van der Waals surface area (Å²) in [7, 11) is 0. The normalized spacial score (nSPS) is 24.1. The van der Waals surface area contributed by atoms with Crippen LogP contribution in [0.2, 0.25) is 10.0 Å². The molecule has 3 aromatic rings. The van der Waals surface area contributed by atoms with Crippen LogP contribution < -0.4 is 4.90 Å². The molecule has 0 aliphatic carbocycles. The van der Waals surface area contributed by atoms with Crippen LogP contribution in [0.3, 0.4) is 0 Å². The molecule has 2 aromatic heterocycles. The summed E-state index contributed by atoms with van der Waals surface area (Å²) in [5.74, 6) is 1.21. The first kappa shape index (κ1) is 24.3. The number of nitriles is 1. The van der Waals surface area contributed by atoms with Gasteiger partial charge in [0.2, 0.25) is 0 Å². The minimum absolute atomic E-state index is 0.232. The monoisotopic (exact) mass is 513 g/mol. The third-order valence-electron chi connectivity index (χ3n) is 7.52. The number of likely N-dealkylation sites (tertiary alicyclic amines) is 1. The number of fused-ring (bicyclic) bond motifs is 1. The fourth-order valence-corrected chi connectivity index (χ4v) is 6.26. The van der Waals surface area contributed by atoms with Crippen LogP contribution in [0.5, 0.6) is 0 Å². The van der Waals surface area contributed by atoms with E-state index in [1.165, 1.54) is 0 Å². The van der Waals surface area contributed by atoms with E-state index in [4.69, 9.17) is 28.2 Å². The third kappa shape index (κ3) is 4.47. The molecule has 0 spiro atoms. The number of hydrogen-bond acceptors (Lipinski definition) is 7. The van der Waals surface area contributed by atoms with E-state index in [0.29, 0.717) is 33.2 Å². The number of hydrogen-bond donors (Lipinski definition) is 1. The van der Waals surface area contributed by atoms with Crippen molar-refractivity contribution >= 4 is 40.2 Å². The summed E-state index contributed by atoms with van der Waals surface area (Å²) < 4.78 is 1.73. The predicted octanol–water partition coefficient (Wildman–Crippen LogP) is 4.29. The Balaban J connectivity index is 1.44. The first-order valence-corrected chi connectivity index (χ1v) is 12.9. The summed E-state index contributed by atoms with van der Waals surface area (Å²) in [5, 5.41) is 25.0. The van der Waals surface area contributed by atoms with E-state index in [1.54, 1.807) is 23.0 Å². The largest absolute Gasteiger partial charge is 0.395 e. The summed E-state index contributed by atoms with van der Waals surface area (Å²) >= 11 is 12.6. The van der Waals surface area contributed by atoms with Crippen LogP contribution in [0.4, 0.5) is 5.82 Å². The molecule has 2 unspecified atom stereocenters. The lowest BCUT2D eigenvalue weighted by atomic mass is 9.92. The molecule has 2 fully saturated rings. The van der Waals surface area contributed by atoms with Gasteiger partial charge in [0, 0.05) is 35.2 Å². The number of aliphatic hydroxyl groups is 1. The van der Waals surface area contributed by atoms with Crippen LogP contribution in [0, 0.1) is 17.2 Å². The van der Waals surface area contributed by atoms with Gasteiger partial charge in [0.25, 0.3) is 0 Å². The number of halogens is 2. The quantitative estimate of drug-likeness (QED) is 0.543. The van der Waals surface area contributed by atoms with Gasteiger partial charge in [0.15, 0.2) is 11.3 Å². The van der Waals surface area contributed by atoms with E-state index >= 15 is 0 Å². The zero-order valence-corrected chi connectivity index (χ0v) is 21.4. The van der Waals surface area contributed by atoms with Crippen LogP contribution in [0.15, 0.2) is 24.4 Å². The van der Waals surface area contributed by atoms with Crippen LogP contribution in [0.25, 0.3) is 11.2 Å². The Morgan fingerprint density at radius 3 is 2.80 bits per heavy atom. The number of rotatable bonds is 5. The Labute approximate surface area is 215 Å². The Hall–Kier alpha value is -2.44. The Morgan fingerprint density at radius 1 is 1.26 bits per heavy atom. The van der Waals surface area contributed by atoms with E-state index < -0.39 is 0 Å². The molecule has 4 heterocycles. The van der Waals surface area contributed by atoms with E-state index in [0.717, 1.165) is 50.3 Å². The van der Waals surface area contributed by atoms with Gasteiger partial charge in [-0.1, -0.05) is 36.2 Å². The van der Waals surface area contributed by atoms with Crippen molar-refractivity contribution in [3.63, 3.8) is 0 Å². The molecule has 8 nitrogen and oxygen atoms in total. The first-order chi connectivity index (χ1) is 16.9. The molecule has 0 radical (unpaired) electrons. The van der Waals surface area contributed by atoms with Crippen molar-refractivity contribution in [1.82, 2.24) is 24.6 Å². The molecule has 1 N–H and O–H groups in total. The van der Waals surface area contributed by atoms with Gasteiger partial charge in [-0.2, -0.15) is 10.4 Å². The molecular weight excluding hydrogens is 485 g/mol. The van der Waals surface area contributed by atoms with Gasteiger partial charge in [0.1, 0.15) is 17.4 Å². The molecule has 2 aliphatic heterocycles. The number of anilines is 1. The second-order valence-corrected chi connectivity index (χ2v) is 10.5. The van der Waals surface area contributed by atoms with Crippen LogP contribution in [-0.2, 0) is 0 Å². The average Bonchev–Trinajstić information content (AvgIpc) is 3.47. The van der Waals surface area contributed by atoms with Crippen LogP contribution in [-0.4, -0.2) is 68.1 Å². The maximum Gasteiger partial charge on any atom is 0.190 e. The summed E-state index contributed by atoms with van der Waals surface area (Å²) in [6.45, 7) is 7.26. The predicted molar refractivity (Wildman–Crippen MR) is 137 cm³/mol. The maximum absolute atomic E-state index is 9.77. The first-order valence-electron chi connectivity index (χ1n) is 12.1. The number of piperidine rings is 1. The molecule has 2 aliphatic rings. The Kier molecular flexibility index (Phi) is 6.86. The Morgan fingerprint density at radius 2 is 2.09 bits per heavy atom. The lowest BCUT2D eigenvalue weighted by Crippen LogP contribution is -2.52. The molecule has 0 amide bonds. The van der Waals surface area contributed by atoms with E-state index in [1.807, 2.05) is 13.0 Å². The van der Waals surface area contributed by atoms with Crippen molar-refractivity contribution in [3.8, 4) is 6.07 Å². The highest BCUT2D eigenvalue weighted by atomic mass is 35.5. The van der Waals surface area contributed by atoms with E-state index in [2.05, 4.69) is 32.9 Å². The molecule has 0 bridgehead atoms. The second-order valence-electron chi connectivity index (χ2n) is 9.64. The van der Waals surface area contributed by atoms with Crippen molar-refractivity contribution < 1.29 is 5.11 Å². The van der Waals surface area contributed by atoms with Gasteiger partial charge in [-0.05, 0) is 56.3 Å². The third-order valence-corrected chi connectivity index (χ3v) is 8.08. The van der Waals surface area contributed by atoms with Gasteiger partial charge in [0.05, 0.1) is 18.8 Å². The SMILES string of the molecule is CC(c1ccc(Cl)cc1Cl)n1nc(C#N)c2ncc(N3CC[C@H](N4CCCC4CO)[C@H](C)C3)nc21. The number of aromatic nitrogens is 4. The zero-order valence-electron chi connectivity index (χ0n) is 19.9. The molecule has 5 rings (SSSR count). The van der Waals surface area contributed by atoms with Gasteiger partial charge >= 0.3 is 0 Å². The summed E-state index contributed by atoms with van der Waals surface area (Å²) in [5.41, 5.74) is 2.13. The fourth-order valence-electron chi connectivity index (χ4n) is 5.69. The number of nitrogens with zero attached hydrogens (tertiary/aromatic N) is 7. The van der Waals surface area contributed by atoms with Gasteiger partial charge in [-0.25, -0.2) is 14.6 Å². The van der Waals surface area contributed by atoms with Crippen molar-refractivity contribution in [2.24, 2.45) is 5.92 Å². The smallest absolute Gasteiger partial charge is 0.190 e. The molecular formula is C25H29Cl2N7O. The molecule has 0 saturated carbocycles. The molecule has 184 valence electrons. The summed E-state index contributed by atoms with van der Waals surface area (Å²) in [6, 6.07) is 8.00. The molecule has 35 heavy (non-hydrogen) atoms. The highest BCUT2D eigenvalue weighted by Crippen LogP contribution is 2.33. The zero-order chi connectivity index (χ0) is 24.7. The van der Waals surface area contributed by atoms with Crippen LogP contribution in [0.1, 0.15) is 50.4 Å². The Bertz CT molecular complexity index is 1270. The van der Waals surface area contributed by atoms with Gasteiger partial charge in [-0.15, -0.1) is 0 Å². The topological polar surface area (TPSA) is 94.1 Å². The van der Waals surface area contributed by atoms with Crippen molar-refractivity contribution in [1.29, 1.82) is 5.26 Å². The lowest BCUT2D eigenvalue weighted by molar-refractivity contribution is 0.0800. The van der Waals surface area contributed by atoms with Crippen LogP contribution >= 0.6 is 23.2 Å². The van der Waals surface area contributed by atoms with E-state index in [9.17, 15) is 10.4 Å². The summed E-state index contributed by atoms with van der Waals surface area (Å²) in [4.78, 5) is 14.3. The minimum atomic E-state index is -0.260. The van der Waals surface area contributed by atoms with Crippen molar-refractivity contribution in [2.45, 2.75) is 51.2 Å². The molecule has 2 saturated heterocycles. The second kappa shape index (κ2) is 9.90. The van der Waals surface area contributed by atoms with Crippen molar-refractivity contribution in [3.05, 3.63) is 45.7 Å². The fraction of sp³-hybridized carbons (Fsp3) is 0.520. The number of benzene rings is 1. The number of aliphatic hydroxyl groups excluding tert-OH is 1. The molecule has 4 atom stereocenters. The van der Waals surface area contributed by atoms with Gasteiger partial charge in [-0.3, -0.25) is 4.90 Å². The standard InChI is InChI=1S/C25H29Cl2N7O/c1-15-13-32(9-7-22(15)33-8-3-4-18(33)14-35)23-12-29-24-21(11-28)31-34(25(24)30-23)16(2)19-6-5-17(26)10-20(19)27/h5-6,10,12,15-16,18,22,35H,3-4,7-9,13-14H2,1-2H3/t15-,16?,18?,22+/m1/s1. The molecule has 10 heteroatoms. The van der Waals surface area contributed by atoms with E-state index in [-0.39, 0.29) is 24.4 Å². The average molecular weight is 514 g/mol. The van der Waals surface area contributed by atoms with Gasteiger partial charge < -0.3 is 10.0 Å².